The van der Waals surface area contributed by atoms with E-state index in [1.54, 1.807) is 24.3 Å². The average molecular weight is 362 g/mol. The molecule has 2 aliphatic heterocycles. The Kier molecular flexibility index (Phi) is 5.08. The Morgan fingerprint density at radius 2 is 2.04 bits per heavy atom. The van der Waals surface area contributed by atoms with Crippen LogP contribution in [0.1, 0.15) is 15.9 Å². The number of amides is 3. The van der Waals surface area contributed by atoms with Gasteiger partial charge >= 0.3 is 5.97 Å². The van der Waals surface area contributed by atoms with Gasteiger partial charge < -0.3 is 9.64 Å². The summed E-state index contributed by atoms with van der Waals surface area (Å²) in [5, 5.41) is -0.434. The van der Waals surface area contributed by atoms with E-state index in [0.29, 0.717) is 23.4 Å². The number of fused-ring (bicyclic) bond motifs is 1. The monoisotopic (exact) mass is 362 g/mol. The molecule has 0 spiro atoms. The van der Waals surface area contributed by atoms with Gasteiger partial charge in [0.15, 0.2) is 0 Å². The lowest BCUT2D eigenvalue weighted by Gasteiger charge is -2.33. The second kappa shape index (κ2) is 7.26. The van der Waals surface area contributed by atoms with Gasteiger partial charge in [0, 0.05) is 24.4 Å². The first kappa shape index (κ1) is 17.5. The number of nitrogens with zero attached hydrogens (tertiary/aromatic N) is 2. The normalized spacial score (nSPS) is 20.3. The molecular formula is C17H18N2O5S. The molecule has 3 amide bonds. The third-order valence-electron chi connectivity index (χ3n) is 4.31. The minimum Gasteiger partial charge on any atom is -0.468 e. The summed E-state index contributed by atoms with van der Waals surface area (Å²) < 4.78 is 4.72. The van der Waals surface area contributed by atoms with Crippen molar-refractivity contribution in [2.24, 2.45) is 0 Å². The minimum atomic E-state index is -0.448. The highest BCUT2D eigenvalue weighted by Gasteiger charge is 2.35. The molecule has 0 saturated carbocycles. The van der Waals surface area contributed by atoms with Crippen molar-refractivity contribution in [2.75, 3.05) is 32.5 Å². The van der Waals surface area contributed by atoms with Crippen LogP contribution < -0.4 is 0 Å². The number of esters is 1. The van der Waals surface area contributed by atoms with Crippen LogP contribution in [0.4, 0.5) is 0 Å². The number of carbonyl (C=O) groups excluding carboxylic acids is 4. The van der Waals surface area contributed by atoms with Crippen LogP contribution in [0.15, 0.2) is 24.3 Å². The number of hydrogen-bond acceptors (Lipinski definition) is 6. The van der Waals surface area contributed by atoms with Gasteiger partial charge in [-0.05, 0) is 11.6 Å². The molecule has 0 aliphatic carbocycles. The molecule has 25 heavy (non-hydrogen) atoms. The zero-order valence-corrected chi connectivity index (χ0v) is 14.6. The summed E-state index contributed by atoms with van der Waals surface area (Å²) in [7, 11) is 1.31. The van der Waals surface area contributed by atoms with Gasteiger partial charge in [-0.15, -0.1) is 11.8 Å². The molecule has 132 valence electrons. The first-order chi connectivity index (χ1) is 12.0. The van der Waals surface area contributed by atoms with E-state index in [2.05, 4.69) is 0 Å². The van der Waals surface area contributed by atoms with E-state index >= 15 is 0 Å². The largest absolute Gasteiger partial charge is 0.468 e. The van der Waals surface area contributed by atoms with Gasteiger partial charge in [-0.3, -0.25) is 24.1 Å². The fourth-order valence-corrected chi connectivity index (χ4v) is 4.07. The lowest BCUT2D eigenvalue weighted by molar-refractivity contribution is -0.142. The van der Waals surface area contributed by atoms with Crippen molar-refractivity contribution in [1.82, 2.24) is 9.80 Å². The average Bonchev–Trinajstić information content (AvgIpc) is 2.64. The van der Waals surface area contributed by atoms with Gasteiger partial charge in [0.1, 0.15) is 11.8 Å². The summed E-state index contributed by atoms with van der Waals surface area (Å²) in [4.78, 5) is 51.5. The first-order valence-corrected chi connectivity index (χ1v) is 8.96. The zero-order chi connectivity index (χ0) is 18.0. The first-order valence-electron chi connectivity index (χ1n) is 7.91. The van der Waals surface area contributed by atoms with E-state index in [1.807, 2.05) is 0 Å². The molecular weight excluding hydrogens is 344 g/mol. The van der Waals surface area contributed by atoms with Crippen LogP contribution >= 0.6 is 11.8 Å². The zero-order valence-electron chi connectivity index (χ0n) is 13.8. The van der Waals surface area contributed by atoms with E-state index in [0.717, 1.165) is 4.90 Å². The maximum atomic E-state index is 12.5. The Bertz CT molecular complexity index is 736. The molecule has 0 N–H and O–H groups in total. The molecule has 3 rings (SSSR count). The molecule has 1 saturated heterocycles. The fourth-order valence-electron chi connectivity index (χ4n) is 2.95. The lowest BCUT2D eigenvalue weighted by Crippen LogP contribution is -2.52. The number of benzene rings is 1. The third kappa shape index (κ3) is 3.53. The molecule has 0 aromatic heterocycles. The van der Waals surface area contributed by atoms with E-state index in [-0.39, 0.29) is 37.3 Å². The molecule has 1 aromatic rings. The van der Waals surface area contributed by atoms with E-state index < -0.39 is 11.2 Å². The van der Waals surface area contributed by atoms with Gasteiger partial charge in [0.25, 0.3) is 5.91 Å². The van der Waals surface area contributed by atoms with Gasteiger partial charge in [-0.1, -0.05) is 18.2 Å². The number of methoxy groups -OCH3 is 1. The summed E-state index contributed by atoms with van der Waals surface area (Å²) in [5.74, 6) is -0.933. The highest BCUT2D eigenvalue weighted by molar-refractivity contribution is 8.00. The highest BCUT2D eigenvalue weighted by Crippen LogP contribution is 2.22. The molecule has 0 radical (unpaired) electrons. The SMILES string of the molecule is COC(=O)[C@@H]1CN(C(=O)CN2C(=O)Cc3ccccc3C2=O)CCS1. The summed E-state index contributed by atoms with van der Waals surface area (Å²) in [6.45, 7) is 0.400. The fraction of sp³-hybridized carbons (Fsp3) is 0.412. The number of carbonyl (C=O) groups is 4. The predicted molar refractivity (Wildman–Crippen MR) is 91.0 cm³/mol. The smallest absolute Gasteiger partial charge is 0.320 e. The third-order valence-corrected chi connectivity index (χ3v) is 5.47. The lowest BCUT2D eigenvalue weighted by atomic mass is 9.98. The number of hydrogen-bond donors (Lipinski definition) is 0. The van der Waals surface area contributed by atoms with E-state index in [4.69, 9.17) is 4.74 Å². The molecule has 1 fully saturated rings. The number of rotatable bonds is 3. The Morgan fingerprint density at radius 3 is 2.80 bits per heavy atom. The van der Waals surface area contributed by atoms with E-state index in [1.165, 1.54) is 23.8 Å². The maximum absolute atomic E-state index is 12.5. The van der Waals surface area contributed by atoms with Crippen LogP contribution in [0.3, 0.4) is 0 Å². The Labute approximate surface area is 149 Å². The molecule has 1 atom stereocenters. The van der Waals surface area contributed by atoms with Gasteiger partial charge in [-0.25, -0.2) is 0 Å². The standard InChI is InChI=1S/C17H18N2O5S/c1-24-17(23)13-9-18(6-7-25-13)15(21)10-19-14(20)8-11-4-2-3-5-12(11)16(19)22/h2-5,13H,6-10H2,1H3/t13-/m0/s1. The van der Waals surface area contributed by atoms with Crippen molar-refractivity contribution < 1.29 is 23.9 Å². The molecule has 2 heterocycles. The number of thioether (sulfide) groups is 1. The molecule has 8 heteroatoms. The van der Waals surface area contributed by atoms with Crippen LogP contribution in [-0.2, 0) is 25.5 Å². The summed E-state index contributed by atoms with van der Waals surface area (Å²) in [5.41, 5.74) is 1.14. The van der Waals surface area contributed by atoms with Crippen molar-refractivity contribution in [1.29, 1.82) is 0 Å². The van der Waals surface area contributed by atoms with Gasteiger partial charge in [0.2, 0.25) is 11.8 Å². The second-order valence-corrected chi connectivity index (χ2v) is 7.15. The van der Waals surface area contributed by atoms with Crippen molar-refractivity contribution in [3.8, 4) is 0 Å². The Balaban J connectivity index is 1.69. The topological polar surface area (TPSA) is 84.0 Å². The van der Waals surface area contributed by atoms with Gasteiger partial charge in [-0.2, -0.15) is 0 Å². The molecule has 7 nitrogen and oxygen atoms in total. The maximum Gasteiger partial charge on any atom is 0.320 e. The van der Waals surface area contributed by atoms with Crippen LogP contribution in [-0.4, -0.2) is 71.2 Å². The van der Waals surface area contributed by atoms with Crippen molar-refractivity contribution in [3.05, 3.63) is 35.4 Å². The second-order valence-electron chi connectivity index (χ2n) is 5.84. The molecule has 1 aromatic carbocycles. The van der Waals surface area contributed by atoms with Crippen molar-refractivity contribution in [3.63, 3.8) is 0 Å². The summed E-state index contributed by atoms with van der Waals surface area (Å²) in [6.07, 6.45) is 0.107. The quantitative estimate of drug-likeness (QED) is 0.569. The number of imide groups is 1. The summed E-state index contributed by atoms with van der Waals surface area (Å²) in [6, 6.07) is 6.91. The Morgan fingerprint density at radius 1 is 1.28 bits per heavy atom. The van der Waals surface area contributed by atoms with Gasteiger partial charge in [0.05, 0.1) is 13.5 Å². The van der Waals surface area contributed by atoms with Crippen LogP contribution in [0, 0.1) is 0 Å². The van der Waals surface area contributed by atoms with Crippen LogP contribution in [0.5, 0.6) is 0 Å². The predicted octanol–water partition coefficient (Wildman–Crippen LogP) is 0.329. The number of ether oxygens (including phenoxy) is 1. The van der Waals surface area contributed by atoms with Crippen molar-refractivity contribution in [2.45, 2.75) is 11.7 Å². The van der Waals surface area contributed by atoms with Crippen LogP contribution in [0.2, 0.25) is 0 Å². The van der Waals surface area contributed by atoms with E-state index in [9.17, 15) is 19.2 Å². The molecule has 0 bridgehead atoms. The van der Waals surface area contributed by atoms with Crippen LogP contribution in [0.25, 0.3) is 0 Å². The highest BCUT2D eigenvalue weighted by atomic mass is 32.2. The van der Waals surface area contributed by atoms with Crippen molar-refractivity contribution >= 4 is 35.5 Å². The molecule has 0 unspecified atom stereocenters. The Hall–Kier alpha value is -2.35. The summed E-state index contributed by atoms with van der Waals surface area (Å²) >= 11 is 1.44. The molecule has 2 aliphatic rings. The minimum absolute atomic E-state index is 0.107.